The standard InChI is InChI=1S/C29H29N3O5.C2H6/c1-4-35-27(33)25-17-31-26(32-25)22-12-15-24(30-16-22)21-10-13-23(14-11-21)37-19-29(2,3)28(34)36-18-20-8-6-5-7-9-20;1-2/h5-17H,4,18-19H2,1-3H3,(H,31,32);1-2H3. The number of nitrogens with zero attached hydrogens (tertiary/aromatic N) is 2. The van der Waals surface area contributed by atoms with Crippen LogP contribution in [0.25, 0.3) is 22.6 Å². The summed E-state index contributed by atoms with van der Waals surface area (Å²) in [6.45, 7) is 10.1. The molecule has 8 nitrogen and oxygen atoms in total. The summed E-state index contributed by atoms with van der Waals surface area (Å²) in [7, 11) is 0. The zero-order chi connectivity index (χ0) is 28.3. The second-order valence-corrected chi connectivity index (χ2v) is 9.06. The van der Waals surface area contributed by atoms with E-state index in [0.717, 1.165) is 22.4 Å². The van der Waals surface area contributed by atoms with Crippen molar-refractivity contribution in [2.75, 3.05) is 13.2 Å². The number of imidazole rings is 1. The largest absolute Gasteiger partial charge is 0.492 e. The van der Waals surface area contributed by atoms with Crippen molar-refractivity contribution in [2.24, 2.45) is 5.41 Å². The molecule has 0 amide bonds. The van der Waals surface area contributed by atoms with Crippen LogP contribution in [0.5, 0.6) is 5.75 Å². The van der Waals surface area contributed by atoms with Gasteiger partial charge in [-0.2, -0.15) is 0 Å². The lowest BCUT2D eigenvalue weighted by molar-refractivity contribution is -0.157. The average molecular weight is 530 g/mol. The maximum Gasteiger partial charge on any atom is 0.356 e. The van der Waals surface area contributed by atoms with Gasteiger partial charge in [-0.15, -0.1) is 0 Å². The Balaban J connectivity index is 0.00000205. The second kappa shape index (κ2) is 13.9. The second-order valence-electron chi connectivity index (χ2n) is 9.06. The van der Waals surface area contributed by atoms with E-state index in [1.54, 1.807) is 27.0 Å². The first-order valence-corrected chi connectivity index (χ1v) is 13.0. The van der Waals surface area contributed by atoms with Gasteiger partial charge in [0.15, 0.2) is 0 Å². The number of esters is 2. The molecule has 8 heteroatoms. The first-order valence-electron chi connectivity index (χ1n) is 13.0. The molecule has 204 valence electrons. The third-order valence-electron chi connectivity index (χ3n) is 5.62. The van der Waals surface area contributed by atoms with Gasteiger partial charge in [-0.25, -0.2) is 9.78 Å². The van der Waals surface area contributed by atoms with E-state index in [2.05, 4.69) is 15.0 Å². The number of pyridine rings is 1. The summed E-state index contributed by atoms with van der Waals surface area (Å²) in [6.07, 6.45) is 3.14. The molecule has 0 aliphatic rings. The predicted molar refractivity (Wildman–Crippen MR) is 150 cm³/mol. The van der Waals surface area contributed by atoms with E-state index in [-0.39, 0.29) is 19.2 Å². The van der Waals surface area contributed by atoms with Gasteiger partial charge in [0.2, 0.25) is 0 Å². The molecule has 2 aromatic carbocycles. The molecule has 0 unspecified atom stereocenters. The summed E-state index contributed by atoms with van der Waals surface area (Å²) in [5.74, 6) is 0.422. The van der Waals surface area contributed by atoms with Crippen LogP contribution in [0.3, 0.4) is 0 Å². The van der Waals surface area contributed by atoms with E-state index in [0.29, 0.717) is 23.9 Å². The van der Waals surface area contributed by atoms with Crippen LogP contribution in [0, 0.1) is 5.41 Å². The number of hydrogen-bond donors (Lipinski definition) is 1. The summed E-state index contributed by atoms with van der Waals surface area (Å²) < 4.78 is 16.3. The minimum atomic E-state index is -0.802. The number of nitrogens with one attached hydrogen (secondary N) is 1. The normalized spacial score (nSPS) is 10.7. The molecule has 0 saturated carbocycles. The molecule has 0 radical (unpaired) electrons. The van der Waals surface area contributed by atoms with Crippen LogP contribution in [0.1, 0.15) is 50.7 Å². The Bertz CT molecular complexity index is 1330. The van der Waals surface area contributed by atoms with E-state index in [1.807, 2.05) is 80.6 Å². The zero-order valence-corrected chi connectivity index (χ0v) is 23.1. The van der Waals surface area contributed by atoms with E-state index in [9.17, 15) is 9.59 Å². The Kier molecular flexibility index (Phi) is 10.4. The summed E-state index contributed by atoms with van der Waals surface area (Å²) in [5.41, 5.74) is 2.87. The van der Waals surface area contributed by atoms with Gasteiger partial charge in [-0.3, -0.25) is 9.78 Å². The SMILES string of the molecule is CC.CCOC(=O)c1cnc(-c2ccc(-c3ccc(OCC(C)(C)C(=O)OCc4ccccc4)cc3)nc2)[nH]1. The van der Waals surface area contributed by atoms with Crippen LogP contribution >= 0.6 is 0 Å². The minimum absolute atomic E-state index is 0.184. The van der Waals surface area contributed by atoms with Gasteiger partial charge in [0.05, 0.1) is 23.9 Å². The molecule has 39 heavy (non-hydrogen) atoms. The Morgan fingerprint density at radius 3 is 2.18 bits per heavy atom. The third-order valence-corrected chi connectivity index (χ3v) is 5.62. The van der Waals surface area contributed by atoms with Crippen molar-refractivity contribution < 1.29 is 23.8 Å². The summed E-state index contributed by atoms with van der Waals surface area (Å²) in [5, 5.41) is 0. The van der Waals surface area contributed by atoms with Crippen molar-refractivity contribution in [3.05, 3.63) is 90.4 Å². The molecular weight excluding hydrogens is 494 g/mol. The van der Waals surface area contributed by atoms with Crippen LogP contribution in [0.15, 0.2) is 79.1 Å². The fourth-order valence-corrected chi connectivity index (χ4v) is 3.45. The molecule has 4 rings (SSSR count). The van der Waals surface area contributed by atoms with Crippen LogP contribution in [0.4, 0.5) is 0 Å². The first kappa shape index (κ1) is 29.1. The van der Waals surface area contributed by atoms with Crippen molar-refractivity contribution in [3.63, 3.8) is 0 Å². The van der Waals surface area contributed by atoms with Crippen molar-refractivity contribution in [1.82, 2.24) is 15.0 Å². The van der Waals surface area contributed by atoms with E-state index < -0.39 is 11.4 Å². The lowest BCUT2D eigenvalue weighted by Gasteiger charge is -2.23. The number of rotatable bonds is 10. The number of aromatic amines is 1. The van der Waals surface area contributed by atoms with Gasteiger partial charge in [0, 0.05) is 17.3 Å². The van der Waals surface area contributed by atoms with Gasteiger partial charge < -0.3 is 19.2 Å². The minimum Gasteiger partial charge on any atom is -0.492 e. The molecule has 0 saturated heterocycles. The van der Waals surface area contributed by atoms with Gasteiger partial charge in [0.25, 0.3) is 0 Å². The highest BCUT2D eigenvalue weighted by Gasteiger charge is 2.30. The van der Waals surface area contributed by atoms with Crippen molar-refractivity contribution in [1.29, 1.82) is 0 Å². The number of carbonyl (C=O) groups is 2. The van der Waals surface area contributed by atoms with Crippen molar-refractivity contribution in [3.8, 4) is 28.4 Å². The highest BCUT2D eigenvalue weighted by atomic mass is 16.5. The number of H-pyrrole nitrogens is 1. The molecular formula is C31H35N3O5. The summed E-state index contributed by atoms with van der Waals surface area (Å²) in [4.78, 5) is 36.1. The van der Waals surface area contributed by atoms with Crippen molar-refractivity contribution >= 4 is 11.9 Å². The first-order chi connectivity index (χ1) is 18.9. The smallest absolute Gasteiger partial charge is 0.356 e. The number of ether oxygens (including phenoxy) is 3. The molecule has 1 N–H and O–H groups in total. The van der Waals surface area contributed by atoms with E-state index in [1.165, 1.54) is 6.20 Å². The lowest BCUT2D eigenvalue weighted by Crippen LogP contribution is -2.32. The molecule has 0 fully saturated rings. The monoisotopic (exact) mass is 529 g/mol. The highest BCUT2D eigenvalue weighted by Crippen LogP contribution is 2.25. The van der Waals surface area contributed by atoms with E-state index >= 15 is 0 Å². The van der Waals surface area contributed by atoms with Gasteiger partial charge >= 0.3 is 11.9 Å². The Morgan fingerprint density at radius 2 is 1.54 bits per heavy atom. The Hall–Kier alpha value is -4.46. The van der Waals surface area contributed by atoms with Crippen LogP contribution in [-0.2, 0) is 20.9 Å². The Morgan fingerprint density at radius 1 is 0.846 bits per heavy atom. The molecule has 2 aromatic heterocycles. The number of carbonyl (C=O) groups excluding carboxylic acids is 2. The summed E-state index contributed by atoms with van der Waals surface area (Å²) in [6, 6.07) is 20.8. The average Bonchev–Trinajstić information content (AvgIpc) is 3.48. The predicted octanol–water partition coefficient (Wildman–Crippen LogP) is 6.49. The van der Waals surface area contributed by atoms with Crippen LogP contribution in [-0.4, -0.2) is 40.1 Å². The van der Waals surface area contributed by atoms with Crippen LogP contribution < -0.4 is 4.74 Å². The van der Waals surface area contributed by atoms with Gasteiger partial charge in [-0.05, 0) is 62.7 Å². The molecule has 0 aliphatic heterocycles. The fraction of sp³-hybridized carbons (Fsp3) is 0.290. The van der Waals surface area contributed by atoms with E-state index in [4.69, 9.17) is 14.2 Å². The van der Waals surface area contributed by atoms with Crippen molar-refractivity contribution in [2.45, 2.75) is 41.2 Å². The molecule has 4 aromatic rings. The molecule has 2 heterocycles. The zero-order valence-electron chi connectivity index (χ0n) is 23.1. The molecule has 0 aliphatic carbocycles. The number of aromatic nitrogens is 3. The lowest BCUT2D eigenvalue weighted by atomic mass is 9.95. The Labute approximate surface area is 229 Å². The maximum absolute atomic E-state index is 12.6. The quantitative estimate of drug-likeness (QED) is 0.234. The van der Waals surface area contributed by atoms with Gasteiger partial charge in [0.1, 0.15) is 30.5 Å². The molecule has 0 bridgehead atoms. The summed E-state index contributed by atoms with van der Waals surface area (Å²) >= 11 is 0. The highest BCUT2D eigenvalue weighted by molar-refractivity contribution is 5.87. The maximum atomic E-state index is 12.6. The topological polar surface area (TPSA) is 103 Å². The molecule has 0 atom stereocenters. The fourth-order valence-electron chi connectivity index (χ4n) is 3.45. The van der Waals surface area contributed by atoms with Crippen LogP contribution in [0.2, 0.25) is 0 Å². The number of benzene rings is 2. The third kappa shape index (κ3) is 8.01. The van der Waals surface area contributed by atoms with Gasteiger partial charge in [-0.1, -0.05) is 44.2 Å². The number of hydrogen-bond acceptors (Lipinski definition) is 7. The molecule has 0 spiro atoms.